The molecule has 21 heteroatoms. The second-order valence-corrected chi connectivity index (χ2v) is 14.1. The van der Waals surface area contributed by atoms with Gasteiger partial charge in [0.05, 0.1) is 25.2 Å². The van der Waals surface area contributed by atoms with Gasteiger partial charge in [-0.2, -0.15) is 8.62 Å². The zero-order valence-corrected chi connectivity index (χ0v) is 25.7. The maximum absolute atomic E-state index is 15.6. The molecule has 0 aliphatic carbocycles. The summed E-state index contributed by atoms with van der Waals surface area (Å²) in [5, 5.41) is 10.9. The van der Waals surface area contributed by atoms with E-state index in [1.807, 2.05) is 0 Å². The van der Waals surface area contributed by atoms with Gasteiger partial charge in [-0.1, -0.05) is 24.3 Å². The van der Waals surface area contributed by atoms with E-state index in [2.05, 4.69) is 23.1 Å². The molecule has 1 aliphatic heterocycles. The Morgan fingerprint density at radius 1 is 1.00 bits per heavy atom. The van der Waals surface area contributed by atoms with Gasteiger partial charge in [0.2, 0.25) is 0 Å². The van der Waals surface area contributed by atoms with Crippen LogP contribution in [-0.2, 0) is 31.6 Å². The Balaban J connectivity index is 1.38. The first-order valence-electron chi connectivity index (χ1n) is 12.7. The first kappa shape index (κ1) is 33.3. The lowest BCUT2D eigenvalue weighted by Gasteiger charge is -2.19. The predicted octanol–water partition coefficient (Wildman–Crippen LogP) is 3.49. The first-order valence-corrected chi connectivity index (χ1v) is 17.2. The van der Waals surface area contributed by atoms with Crippen LogP contribution in [0.25, 0.3) is 33.3 Å². The van der Waals surface area contributed by atoms with Crippen LogP contribution in [0.15, 0.2) is 55.0 Å². The number of nitrogens with two attached hydrogens (primary N) is 1. The summed E-state index contributed by atoms with van der Waals surface area (Å²) in [6.45, 7) is -0.869. The van der Waals surface area contributed by atoms with Gasteiger partial charge in [0.25, 0.3) is 0 Å². The number of nitrogens with zero attached hydrogens (tertiary/aromatic N) is 3. The molecule has 0 radical (unpaired) electrons. The fraction of sp³-hybridized carbons (Fsp3) is 0.250. The zero-order valence-electron chi connectivity index (χ0n) is 23.0. The Labute approximate surface area is 253 Å². The summed E-state index contributed by atoms with van der Waals surface area (Å²) in [5.41, 5.74) is 8.22. The van der Waals surface area contributed by atoms with E-state index in [9.17, 15) is 28.6 Å². The monoisotopic (exact) mass is 690 g/mol. The number of aromatic nitrogens is 3. The van der Waals surface area contributed by atoms with Gasteiger partial charge in [0, 0.05) is 23.7 Å². The summed E-state index contributed by atoms with van der Waals surface area (Å²) in [6, 6.07) is 11.7. The van der Waals surface area contributed by atoms with Crippen molar-refractivity contribution in [3.63, 3.8) is 0 Å². The quantitative estimate of drug-likeness (QED) is 0.123. The lowest BCUT2D eigenvalue weighted by molar-refractivity contribution is -0.0421. The average molecular weight is 690 g/mol. The maximum Gasteiger partial charge on any atom is 0.490 e. The molecule has 0 saturated carbocycles. The van der Waals surface area contributed by atoms with Crippen LogP contribution in [0.2, 0.25) is 0 Å². The minimum atomic E-state index is -5.73. The van der Waals surface area contributed by atoms with Crippen molar-refractivity contribution in [2.24, 2.45) is 0 Å². The predicted molar refractivity (Wildman–Crippen MR) is 154 cm³/mol. The van der Waals surface area contributed by atoms with Crippen LogP contribution in [0, 0.1) is 5.82 Å². The minimum absolute atomic E-state index is 0.0372. The van der Waals surface area contributed by atoms with E-state index in [0.29, 0.717) is 22.3 Å². The summed E-state index contributed by atoms with van der Waals surface area (Å²) in [4.78, 5) is 44.6. The number of ether oxygens (including phenoxy) is 2. The topological polar surface area (TPSA) is 255 Å². The van der Waals surface area contributed by atoms with Crippen LogP contribution < -0.4 is 10.5 Å². The summed E-state index contributed by atoms with van der Waals surface area (Å²) in [7, 11) is -15.2. The van der Waals surface area contributed by atoms with E-state index >= 15 is 4.39 Å². The number of anilines is 1. The number of aliphatic hydroxyl groups excluding tert-OH is 1. The van der Waals surface area contributed by atoms with Crippen molar-refractivity contribution in [1.29, 1.82) is 0 Å². The molecule has 2 aromatic heterocycles. The summed E-state index contributed by atoms with van der Waals surface area (Å²) >= 11 is 0. The Hall–Kier alpha value is -3.08. The highest BCUT2D eigenvalue weighted by molar-refractivity contribution is 7.66. The third-order valence-corrected chi connectivity index (χ3v) is 10.5. The largest absolute Gasteiger partial charge is 0.497 e. The van der Waals surface area contributed by atoms with E-state index in [0.717, 1.165) is 5.56 Å². The smallest absolute Gasteiger partial charge is 0.490 e. The Morgan fingerprint density at radius 2 is 1.69 bits per heavy atom. The molecule has 0 bridgehead atoms. The number of phosphoric ester groups is 1. The maximum atomic E-state index is 15.6. The van der Waals surface area contributed by atoms with Gasteiger partial charge in [-0.15, -0.1) is 0 Å². The van der Waals surface area contributed by atoms with Gasteiger partial charge in [0.15, 0.2) is 0 Å². The van der Waals surface area contributed by atoms with Gasteiger partial charge in [-0.25, -0.2) is 28.1 Å². The highest BCUT2D eigenvalue weighted by atomic mass is 31.3. The number of rotatable bonds is 11. The van der Waals surface area contributed by atoms with E-state index < -0.39 is 54.3 Å². The molecule has 5 rings (SSSR count). The highest BCUT2D eigenvalue weighted by Gasteiger charge is 2.43. The number of hydrogen-bond acceptors (Lipinski definition) is 12. The second-order valence-electron chi connectivity index (χ2n) is 9.65. The van der Waals surface area contributed by atoms with Crippen LogP contribution in [0.4, 0.5) is 10.2 Å². The molecule has 2 unspecified atom stereocenters. The van der Waals surface area contributed by atoms with Crippen molar-refractivity contribution in [2.75, 3.05) is 19.5 Å². The number of halogens is 1. The third-order valence-electron chi connectivity index (χ3n) is 6.65. The molecule has 4 aromatic rings. The normalized spacial score (nSPS) is 21.4. The summed E-state index contributed by atoms with van der Waals surface area (Å²) < 4.78 is 74.5. The first-order chi connectivity index (χ1) is 21.1. The molecule has 1 saturated heterocycles. The van der Waals surface area contributed by atoms with Crippen molar-refractivity contribution >= 4 is 40.3 Å². The van der Waals surface area contributed by atoms with Crippen LogP contribution in [0.3, 0.4) is 0 Å². The van der Waals surface area contributed by atoms with E-state index in [1.165, 1.54) is 30.3 Å². The molecule has 2 aromatic carbocycles. The van der Waals surface area contributed by atoms with Gasteiger partial charge in [-0.05, 0) is 29.3 Å². The lowest BCUT2D eigenvalue weighted by Crippen LogP contribution is -2.26. The molecule has 17 nitrogen and oxygen atoms in total. The molecule has 5 atom stereocenters. The fourth-order valence-corrected chi connectivity index (χ4v) is 7.77. The van der Waals surface area contributed by atoms with Crippen LogP contribution in [-0.4, -0.2) is 65.1 Å². The number of benzene rings is 2. The summed E-state index contributed by atoms with van der Waals surface area (Å²) in [5.74, 6) is 0.108. The molecule has 0 amide bonds. The molecule has 242 valence electrons. The molecule has 1 fully saturated rings. The average Bonchev–Trinajstić information content (AvgIpc) is 3.51. The molecule has 45 heavy (non-hydrogen) atoms. The fourth-order valence-electron chi connectivity index (χ4n) is 4.74. The molecule has 3 heterocycles. The Bertz CT molecular complexity index is 1870. The SMILES string of the molecule is COc1ccc(-c2ccc(-c3cn([C@H]4C[C@H](O)[C@@H](COP(=O)(O)OP(=O)(O)OP(=O)(O)O)O4)c4ncnc(N)c34)c(F)c2)cc1. The third kappa shape index (κ3) is 7.67. The molecule has 1 aliphatic rings. The van der Waals surface area contributed by atoms with Gasteiger partial charge < -0.3 is 44.5 Å². The van der Waals surface area contributed by atoms with Crippen molar-refractivity contribution in [2.45, 2.75) is 24.9 Å². The van der Waals surface area contributed by atoms with Crippen molar-refractivity contribution in [3.05, 3.63) is 60.8 Å². The van der Waals surface area contributed by atoms with E-state index in [4.69, 9.17) is 25.0 Å². The van der Waals surface area contributed by atoms with Crippen LogP contribution in [0.1, 0.15) is 12.6 Å². The zero-order chi connectivity index (χ0) is 32.7. The molecular weight excluding hydrogens is 664 g/mol. The van der Waals surface area contributed by atoms with Crippen LogP contribution in [0.5, 0.6) is 5.75 Å². The highest BCUT2D eigenvalue weighted by Crippen LogP contribution is 2.66. The van der Waals surface area contributed by atoms with Crippen molar-refractivity contribution < 1.29 is 65.4 Å². The number of methoxy groups -OCH3 is 1. The van der Waals surface area contributed by atoms with Crippen LogP contribution >= 0.6 is 23.5 Å². The van der Waals surface area contributed by atoms with Gasteiger partial charge in [-0.3, -0.25) is 4.52 Å². The molecular formula is C24H26FN4O13P3. The van der Waals surface area contributed by atoms with E-state index in [1.54, 1.807) is 36.4 Å². The standard InChI is InChI=1S/C24H26FN4O13P3/c1-38-15-5-2-13(3-6-15)14-4-7-16(18(25)8-14)17-10-29(24-22(17)23(26)27-12-28-24)21-9-19(30)20(40-21)11-39-44(34,35)42-45(36,37)41-43(31,32)33/h2-8,10,12,19-21,30H,9,11H2,1H3,(H,34,35)(H,36,37)(H2,26,27,28)(H2,31,32,33)/t19-,20+,21+/m0/s1. The lowest BCUT2D eigenvalue weighted by atomic mass is 9.99. The number of aliphatic hydroxyl groups is 1. The van der Waals surface area contributed by atoms with Gasteiger partial charge >= 0.3 is 23.5 Å². The number of nitrogen functional groups attached to an aromatic ring is 1. The van der Waals surface area contributed by atoms with Crippen molar-refractivity contribution in [1.82, 2.24) is 14.5 Å². The second kappa shape index (κ2) is 12.6. The molecule has 0 spiro atoms. The summed E-state index contributed by atoms with van der Waals surface area (Å²) in [6.07, 6.45) is -1.04. The van der Waals surface area contributed by atoms with E-state index in [-0.39, 0.29) is 23.4 Å². The minimum Gasteiger partial charge on any atom is -0.497 e. The number of fused-ring (bicyclic) bond motifs is 1. The van der Waals surface area contributed by atoms with Crippen molar-refractivity contribution in [3.8, 4) is 28.0 Å². The Kier molecular flexibility index (Phi) is 9.33. The Morgan fingerprint density at radius 3 is 2.33 bits per heavy atom. The number of hydrogen-bond donors (Lipinski definition) is 6. The number of phosphoric acid groups is 3. The molecule has 7 N–H and O–H groups in total. The van der Waals surface area contributed by atoms with Gasteiger partial charge in [0.1, 0.15) is 41.7 Å².